The van der Waals surface area contributed by atoms with Crippen LogP contribution in [0.3, 0.4) is 0 Å². The Morgan fingerprint density at radius 2 is 2.23 bits per heavy atom. The number of thioether (sulfide) groups is 1. The maximum absolute atomic E-state index is 12.1. The number of carbonyl (C=O) groups excluding carboxylic acids is 1. The van der Waals surface area contributed by atoms with Crippen molar-refractivity contribution in [2.45, 2.75) is 23.2 Å². The third-order valence-electron chi connectivity index (χ3n) is 3.41. The minimum Gasteiger partial charge on any atom is -0.391 e. The molecular weight excluding hydrogens is 367 g/mol. The molecule has 3 N–H and O–H groups in total. The summed E-state index contributed by atoms with van der Waals surface area (Å²) in [6.07, 6.45) is -0.393. The van der Waals surface area contributed by atoms with Crippen LogP contribution in [0.4, 0.5) is 0 Å². The van der Waals surface area contributed by atoms with E-state index in [1.165, 1.54) is 11.8 Å². The highest BCUT2D eigenvalue weighted by Gasteiger charge is 2.26. The van der Waals surface area contributed by atoms with Crippen LogP contribution >= 0.6 is 47.4 Å². The number of hydrogen-bond donors (Lipinski definition) is 3. The maximum atomic E-state index is 12.1. The van der Waals surface area contributed by atoms with Gasteiger partial charge in [0.25, 0.3) is 0 Å². The molecule has 3 atom stereocenters. The van der Waals surface area contributed by atoms with Gasteiger partial charge in [0, 0.05) is 35.5 Å². The molecule has 0 aromatic heterocycles. The second kappa shape index (κ2) is 9.21. The smallest absolute Gasteiger partial charge is 0.233 e. The maximum Gasteiger partial charge on any atom is 0.233 e. The molecule has 1 saturated heterocycles. The monoisotopic (exact) mass is 384 g/mol. The van der Waals surface area contributed by atoms with Gasteiger partial charge in [-0.25, -0.2) is 0 Å². The Labute approximate surface area is 150 Å². The Morgan fingerprint density at radius 1 is 1.50 bits per heavy atom. The van der Waals surface area contributed by atoms with Crippen molar-refractivity contribution < 1.29 is 9.90 Å². The van der Waals surface area contributed by atoms with Crippen LogP contribution in [0.2, 0.25) is 10.0 Å². The van der Waals surface area contributed by atoms with E-state index in [1.54, 1.807) is 18.2 Å². The normalized spacial score (nSPS) is 22.0. The standard InChI is InChI=1S/C14H18Cl2N2O2S.ClH/c1-8(21-13-4-10(15)2-3-11(13)16)14(20)18-6-9-5-17-7-12(9)19;/h2-4,8-9,12,17,19H,5-7H2,1H3,(H,18,20);1H. The van der Waals surface area contributed by atoms with Crippen molar-refractivity contribution >= 4 is 53.3 Å². The zero-order valence-electron chi connectivity index (χ0n) is 12.0. The molecular formula is C14H19Cl3N2O2S. The van der Waals surface area contributed by atoms with Crippen LogP contribution in [-0.2, 0) is 4.79 Å². The Morgan fingerprint density at radius 3 is 2.86 bits per heavy atom. The van der Waals surface area contributed by atoms with Crippen LogP contribution in [0.25, 0.3) is 0 Å². The second-order valence-electron chi connectivity index (χ2n) is 5.07. The van der Waals surface area contributed by atoms with Gasteiger partial charge in [-0.05, 0) is 25.1 Å². The number of nitrogens with one attached hydrogen (secondary N) is 2. The van der Waals surface area contributed by atoms with Crippen LogP contribution in [-0.4, -0.2) is 42.0 Å². The van der Waals surface area contributed by atoms with Gasteiger partial charge in [-0.15, -0.1) is 24.2 Å². The molecule has 0 saturated carbocycles. The largest absolute Gasteiger partial charge is 0.391 e. The van der Waals surface area contributed by atoms with Crippen molar-refractivity contribution in [3.05, 3.63) is 28.2 Å². The third-order valence-corrected chi connectivity index (χ3v) is 5.24. The molecule has 1 aliphatic rings. The number of halogens is 3. The minimum absolute atomic E-state index is 0. The number of amides is 1. The molecule has 8 heteroatoms. The van der Waals surface area contributed by atoms with E-state index in [0.29, 0.717) is 23.1 Å². The third kappa shape index (κ3) is 5.48. The van der Waals surface area contributed by atoms with Gasteiger partial charge in [-0.2, -0.15) is 0 Å². The summed E-state index contributed by atoms with van der Waals surface area (Å²) in [5.74, 6) is -0.00366. The van der Waals surface area contributed by atoms with Gasteiger partial charge in [-0.1, -0.05) is 23.2 Å². The van der Waals surface area contributed by atoms with Gasteiger partial charge in [0.1, 0.15) is 0 Å². The number of carbonyl (C=O) groups is 1. The fourth-order valence-corrected chi connectivity index (χ4v) is 3.55. The molecule has 3 unspecified atom stereocenters. The Kier molecular flexibility index (Phi) is 8.32. The van der Waals surface area contributed by atoms with Crippen molar-refractivity contribution in [3.8, 4) is 0 Å². The Hall–Kier alpha value is -0.170. The first-order valence-corrected chi connectivity index (χ1v) is 8.39. The van der Waals surface area contributed by atoms with Gasteiger partial charge in [0.2, 0.25) is 5.91 Å². The van der Waals surface area contributed by atoms with Gasteiger partial charge >= 0.3 is 0 Å². The number of β-amino-alcohol motifs (C(OH)–C–C–N with tert-alkyl or cyclic N) is 1. The van der Waals surface area contributed by atoms with Crippen LogP contribution < -0.4 is 10.6 Å². The van der Waals surface area contributed by atoms with Crippen molar-refractivity contribution in [2.24, 2.45) is 5.92 Å². The first-order valence-electron chi connectivity index (χ1n) is 6.75. The quantitative estimate of drug-likeness (QED) is 0.682. The summed E-state index contributed by atoms with van der Waals surface area (Å²) in [5.41, 5.74) is 0. The predicted molar refractivity (Wildman–Crippen MR) is 94.4 cm³/mol. The average Bonchev–Trinajstić information content (AvgIpc) is 2.85. The van der Waals surface area contributed by atoms with Crippen LogP contribution in [0.5, 0.6) is 0 Å². The number of aliphatic hydroxyl groups is 1. The van der Waals surface area contributed by atoms with Crippen molar-refractivity contribution in [1.82, 2.24) is 10.6 Å². The molecule has 1 heterocycles. The first kappa shape index (κ1) is 19.9. The van der Waals surface area contributed by atoms with E-state index in [9.17, 15) is 9.90 Å². The summed E-state index contributed by atoms with van der Waals surface area (Å²) >= 11 is 13.4. The summed E-state index contributed by atoms with van der Waals surface area (Å²) in [6.45, 7) is 3.60. The van der Waals surface area contributed by atoms with E-state index in [2.05, 4.69) is 10.6 Å². The molecule has 0 aliphatic carbocycles. The van der Waals surface area contributed by atoms with Crippen molar-refractivity contribution in [1.29, 1.82) is 0 Å². The second-order valence-corrected chi connectivity index (χ2v) is 7.29. The van der Waals surface area contributed by atoms with E-state index in [1.807, 2.05) is 6.92 Å². The molecule has 1 fully saturated rings. The molecule has 1 aromatic carbocycles. The van der Waals surface area contributed by atoms with Gasteiger partial charge in [0.05, 0.1) is 16.4 Å². The number of rotatable bonds is 5. The molecule has 0 radical (unpaired) electrons. The van der Waals surface area contributed by atoms with Gasteiger partial charge in [-0.3, -0.25) is 4.79 Å². The highest BCUT2D eigenvalue weighted by molar-refractivity contribution is 8.00. The Bertz CT molecular complexity index is 519. The summed E-state index contributed by atoms with van der Waals surface area (Å²) < 4.78 is 0. The lowest BCUT2D eigenvalue weighted by Gasteiger charge is -2.17. The van der Waals surface area contributed by atoms with E-state index in [-0.39, 0.29) is 29.5 Å². The summed E-state index contributed by atoms with van der Waals surface area (Å²) in [6, 6.07) is 5.19. The fourth-order valence-electron chi connectivity index (χ4n) is 2.11. The van der Waals surface area contributed by atoms with E-state index in [4.69, 9.17) is 23.2 Å². The first-order chi connectivity index (χ1) is 9.97. The lowest BCUT2D eigenvalue weighted by Crippen LogP contribution is -2.38. The zero-order chi connectivity index (χ0) is 15.4. The summed E-state index contributed by atoms with van der Waals surface area (Å²) in [7, 11) is 0. The number of aliphatic hydroxyl groups excluding tert-OH is 1. The fraction of sp³-hybridized carbons (Fsp3) is 0.500. The molecule has 22 heavy (non-hydrogen) atoms. The summed E-state index contributed by atoms with van der Waals surface area (Å²) in [4.78, 5) is 12.9. The van der Waals surface area contributed by atoms with Crippen LogP contribution in [0.15, 0.2) is 23.1 Å². The molecule has 1 amide bonds. The molecule has 4 nitrogen and oxygen atoms in total. The number of benzene rings is 1. The van der Waals surface area contributed by atoms with Gasteiger partial charge in [0.15, 0.2) is 0 Å². The van der Waals surface area contributed by atoms with Crippen molar-refractivity contribution in [2.75, 3.05) is 19.6 Å². The lowest BCUT2D eigenvalue weighted by atomic mass is 10.1. The molecule has 0 spiro atoms. The topological polar surface area (TPSA) is 61.4 Å². The molecule has 1 aliphatic heterocycles. The molecule has 1 aromatic rings. The van der Waals surface area contributed by atoms with Crippen LogP contribution in [0, 0.1) is 5.92 Å². The predicted octanol–water partition coefficient (Wildman–Crippen LogP) is 2.59. The zero-order valence-corrected chi connectivity index (χ0v) is 15.2. The van der Waals surface area contributed by atoms with Crippen LogP contribution in [0.1, 0.15) is 6.92 Å². The highest BCUT2D eigenvalue weighted by atomic mass is 35.5. The van der Waals surface area contributed by atoms with Crippen molar-refractivity contribution in [3.63, 3.8) is 0 Å². The summed E-state index contributed by atoms with van der Waals surface area (Å²) in [5, 5.41) is 16.5. The van der Waals surface area contributed by atoms with E-state index < -0.39 is 6.10 Å². The molecule has 2 rings (SSSR count). The Balaban J connectivity index is 0.00000242. The SMILES string of the molecule is CC(Sc1cc(Cl)ccc1Cl)C(=O)NCC1CNCC1O.Cl. The number of hydrogen-bond acceptors (Lipinski definition) is 4. The molecule has 0 bridgehead atoms. The highest BCUT2D eigenvalue weighted by Crippen LogP contribution is 2.32. The molecule has 124 valence electrons. The van der Waals surface area contributed by atoms with Gasteiger partial charge < -0.3 is 15.7 Å². The lowest BCUT2D eigenvalue weighted by molar-refractivity contribution is -0.120. The van der Waals surface area contributed by atoms with E-state index >= 15 is 0 Å². The minimum atomic E-state index is -0.393. The average molecular weight is 386 g/mol. The van der Waals surface area contributed by atoms with E-state index in [0.717, 1.165) is 11.4 Å².